The number of carbonyl (C=O) groups is 1. The van der Waals surface area contributed by atoms with Crippen LogP contribution < -0.4 is 0 Å². The summed E-state index contributed by atoms with van der Waals surface area (Å²) in [6, 6.07) is 30.2. The zero-order chi connectivity index (χ0) is 21.8. The second-order valence-corrected chi connectivity index (χ2v) is 8.12. The highest BCUT2D eigenvalue weighted by atomic mass is 16.6. The van der Waals surface area contributed by atoms with Gasteiger partial charge in [-0.1, -0.05) is 136 Å². The first-order valence-corrected chi connectivity index (χ1v) is 11.7. The lowest BCUT2D eigenvalue weighted by molar-refractivity contribution is -0.153. The van der Waals surface area contributed by atoms with E-state index in [4.69, 9.17) is 4.74 Å². The van der Waals surface area contributed by atoms with Crippen LogP contribution in [0, 0.1) is 0 Å². The molecule has 0 saturated heterocycles. The van der Waals surface area contributed by atoms with Crippen molar-refractivity contribution in [2.24, 2.45) is 0 Å². The molecule has 162 valence electrons. The molecule has 0 heterocycles. The molecule has 0 unspecified atom stereocenters. The topological polar surface area (TPSA) is 26.3 Å². The summed E-state index contributed by atoms with van der Waals surface area (Å²) in [6.45, 7) is 2.23. The second-order valence-electron chi connectivity index (χ2n) is 8.12. The third-order valence-electron chi connectivity index (χ3n) is 5.79. The standard InChI is InChI=1S/C29H34O2/c1-2-3-4-5-6-7-17-24-28(30)31-29(25-18-11-8-12-19-25,26-20-13-9-14-21-26)27-22-15-10-16-23-27/h8-16,18-23H,2-7,17,24H2,1H3. The van der Waals surface area contributed by atoms with Gasteiger partial charge in [-0.15, -0.1) is 0 Å². The van der Waals surface area contributed by atoms with Crippen LogP contribution in [0.25, 0.3) is 0 Å². The van der Waals surface area contributed by atoms with E-state index >= 15 is 0 Å². The van der Waals surface area contributed by atoms with E-state index in [0.717, 1.165) is 29.5 Å². The van der Waals surface area contributed by atoms with Crippen LogP contribution >= 0.6 is 0 Å². The van der Waals surface area contributed by atoms with Crippen LogP contribution in [-0.2, 0) is 15.1 Å². The fourth-order valence-corrected chi connectivity index (χ4v) is 4.14. The summed E-state index contributed by atoms with van der Waals surface area (Å²) in [5, 5.41) is 0. The molecular weight excluding hydrogens is 380 g/mol. The Hall–Kier alpha value is -2.87. The Labute approximate surface area is 187 Å². The summed E-state index contributed by atoms with van der Waals surface area (Å²) >= 11 is 0. The molecule has 2 nitrogen and oxygen atoms in total. The Morgan fingerprint density at radius 2 is 1.00 bits per heavy atom. The molecule has 0 N–H and O–H groups in total. The van der Waals surface area contributed by atoms with E-state index in [1.807, 2.05) is 91.0 Å². The van der Waals surface area contributed by atoms with Crippen molar-refractivity contribution in [3.63, 3.8) is 0 Å². The van der Waals surface area contributed by atoms with E-state index in [1.54, 1.807) is 0 Å². The van der Waals surface area contributed by atoms with Crippen LogP contribution in [0.1, 0.15) is 75.0 Å². The van der Waals surface area contributed by atoms with Gasteiger partial charge in [0.2, 0.25) is 0 Å². The van der Waals surface area contributed by atoms with Gasteiger partial charge in [-0.2, -0.15) is 0 Å². The number of hydrogen-bond donors (Lipinski definition) is 0. The van der Waals surface area contributed by atoms with Crippen molar-refractivity contribution in [1.82, 2.24) is 0 Å². The van der Waals surface area contributed by atoms with E-state index in [0.29, 0.717) is 6.42 Å². The van der Waals surface area contributed by atoms with Gasteiger partial charge in [0.25, 0.3) is 0 Å². The molecule has 0 fully saturated rings. The summed E-state index contributed by atoms with van der Waals surface area (Å²) in [4.78, 5) is 13.1. The summed E-state index contributed by atoms with van der Waals surface area (Å²) in [7, 11) is 0. The van der Waals surface area contributed by atoms with Crippen LogP contribution in [0.3, 0.4) is 0 Å². The Morgan fingerprint density at radius 1 is 0.613 bits per heavy atom. The Balaban J connectivity index is 1.84. The molecular formula is C29H34O2. The summed E-state index contributed by atoms with van der Waals surface area (Å²) in [6.07, 6.45) is 8.69. The average Bonchev–Trinajstić information content (AvgIpc) is 2.83. The van der Waals surface area contributed by atoms with Gasteiger partial charge in [-0.3, -0.25) is 4.79 Å². The Morgan fingerprint density at radius 3 is 1.42 bits per heavy atom. The Bertz CT molecular complexity index is 791. The van der Waals surface area contributed by atoms with Gasteiger partial charge in [0.1, 0.15) is 0 Å². The van der Waals surface area contributed by atoms with E-state index in [9.17, 15) is 4.79 Å². The van der Waals surface area contributed by atoms with Gasteiger partial charge in [0.05, 0.1) is 0 Å². The van der Waals surface area contributed by atoms with Gasteiger partial charge in [-0.25, -0.2) is 0 Å². The van der Waals surface area contributed by atoms with E-state index in [1.165, 1.54) is 32.1 Å². The maximum atomic E-state index is 13.1. The lowest BCUT2D eigenvalue weighted by Gasteiger charge is -2.35. The molecule has 2 heteroatoms. The highest BCUT2D eigenvalue weighted by Gasteiger charge is 2.40. The van der Waals surface area contributed by atoms with Crippen molar-refractivity contribution < 1.29 is 9.53 Å². The first-order chi connectivity index (χ1) is 15.3. The van der Waals surface area contributed by atoms with Crippen LogP contribution in [0.4, 0.5) is 0 Å². The molecule has 0 aliphatic rings. The van der Waals surface area contributed by atoms with Crippen LogP contribution in [-0.4, -0.2) is 5.97 Å². The van der Waals surface area contributed by atoms with Crippen molar-refractivity contribution in [1.29, 1.82) is 0 Å². The zero-order valence-electron chi connectivity index (χ0n) is 18.6. The minimum Gasteiger partial charge on any atom is -0.444 e. The molecule has 0 spiro atoms. The molecule has 0 aliphatic heterocycles. The van der Waals surface area contributed by atoms with Crippen LogP contribution in [0.2, 0.25) is 0 Å². The minimum absolute atomic E-state index is 0.148. The summed E-state index contributed by atoms with van der Waals surface area (Å²) in [5.41, 5.74) is 1.92. The molecule has 3 aromatic rings. The fraction of sp³-hybridized carbons (Fsp3) is 0.345. The van der Waals surface area contributed by atoms with E-state index in [2.05, 4.69) is 6.92 Å². The summed E-state index contributed by atoms with van der Waals surface area (Å²) < 4.78 is 6.40. The SMILES string of the molecule is CCCCCCCCCC(=O)OC(c1ccccc1)(c1ccccc1)c1ccccc1. The predicted octanol–water partition coefficient (Wildman–Crippen LogP) is 7.66. The molecule has 3 aromatic carbocycles. The first kappa shape index (κ1) is 22.8. The zero-order valence-corrected chi connectivity index (χ0v) is 18.6. The molecule has 0 amide bonds. The number of hydrogen-bond acceptors (Lipinski definition) is 2. The van der Waals surface area contributed by atoms with Gasteiger partial charge < -0.3 is 4.74 Å². The highest BCUT2D eigenvalue weighted by molar-refractivity contribution is 5.71. The smallest absolute Gasteiger partial charge is 0.307 e. The van der Waals surface area contributed by atoms with E-state index in [-0.39, 0.29) is 5.97 Å². The van der Waals surface area contributed by atoms with Crippen molar-refractivity contribution in [3.05, 3.63) is 108 Å². The average molecular weight is 415 g/mol. The van der Waals surface area contributed by atoms with Crippen LogP contribution in [0.5, 0.6) is 0 Å². The maximum absolute atomic E-state index is 13.1. The van der Waals surface area contributed by atoms with Gasteiger partial charge >= 0.3 is 5.97 Å². The normalized spacial score (nSPS) is 11.3. The largest absolute Gasteiger partial charge is 0.444 e. The van der Waals surface area contributed by atoms with Gasteiger partial charge in [0.15, 0.2) is 5.60 Å². The third kappa shape index (κ3) is 6.07. The minimum atomic E-state index is -0.956. The van der Waals surface area contributed by atoms with Gasteiger partial charge in [-0.05, 0) is 6.42 Å². The molecule has 0 aromatic heterocycles. The molecule has 0 atom stereocenters. The van der Waals surface area contributed by atoms with Gasteiger partial charge in [0, 0.05) is 23.1 Å². The number of esters is 1. The number of benzene rings is 3. The number of unbranched alkanes of at least 4 members (excludes halogenated alkanes) is 6. The third-order valence-corrected chi connectivity index (χ3v) is 5.79. The lowest BCUT2D eigenvalue weighted by Crippen LogP contribution is -2.35. The monoisotopic (exact) mass is 414 g/mol. The van der Waals surface area contributed by atoms with Crippen molar-refractivity contribution in [2.75, 3.05) is 0 Å². The van der Waals surface area contributed by atoms with Crippen molar-refractivity contribution in [3.8, 4) is 0 Å². The molecule has 31 heavy (non-hydrogen) atoms. The molecule has 0 saturated carbocycles. The molecule has 0 radical (unpaired) electrons. The predicted molar refractivity (Wildman–Crippen MR) is 128 cm³/mol. The number of carbonyl (C=O) groups excluding carboxylic acids is 1. The fourth-order valence-electron chi connectivity index (χ4n) is 4.14. The first-order valence-electron chi connectivity index (χ1n) is 11.7. The van der Waals surface area contributed by atoms with E-state index < -0.39 is 5.60 Å². The lowest BCUT2D eigenvalue weighted by atomic mass is 9.80. The maximum Gasteiger partial charge on any atom is 0.307 e. The highest BCUT2D eigenvalue weighted by Crippen LogP contribution is 2.40. The number of ether oxygens (including phenoxy) is 1. The van der Waals surface area contributed by atoms with Crippen molar-refractivity contribution in [2.45, 2.75) is 63.9 Å². The number of rotatable bonds is 12. The second kappa shape index (κ2) is 12.1. The van der Waals surface area contributed by atoms with Crippen molar-refractivity contribution >= 4 is 5.97 Å². The quantitative estimate of drug-likeness (QED) is 0.173. The molecule has 3 rings (SSSR count). The summed E-state index contributed by atoms with van der Waals surface area (Å²) in [5.74, 6) is -0.148. The van der Waals surface area contributed by atoms with Crippen LogP contribution in [0.15, 0.2) is 91.0 Å². The molecule has 0 aliphatic carbocycles. The molecule has 0 bridgehead atoms. The Kier molecular flexibility index (Phi) is 8.90.